The van der Waals surface area contributed by atoms with E-state index in [2.05, 4.69) is 56.8 Å². The van der Waals surface area contributed by atoms with Crippen LogP contribution in [0.2, 0.25) is 0 Å². The minimum atomic E-state index is 1.09. The molecule has 0 heteroatoms. The van der Waals surface area contributed by atoms with E-state index in [4.69, 9.17) is 0 Å². The summed E-state index contributed by atoms with van der Waals surface area (Å²) >= 11 is 0. The third kappa shape index (κ3) is 2.60. The van der Waals surface area contributed by atoms with Crippen molar-refractivity contribution in [2.24, 2.45) is 0 Å². The van der Waals surface area contributed by atoms with Crippen molar-refractivity contribution in [3.8, 4) is 0 Å². The van der Waals surface area contributed by atoms with Crippen LogP contribution in [-0.2, 0) is 0 Å². The molecule has 0 amide bonds. The number of hydrogen-bond acceptors (Lipinski definition) is 0. The van der Waals surface area contributed by atoms with Gasteiger partial charge in [-0.3, -0.25) is 0 Å². The summed E-state index contributed by atoms with van der Waals surface area (Å²) in [7, 11) is 0. The van der Waals surface area contributed by atoms with Crippen molar-refractivity contribution in [1.82, 2.24) is 0 Å². The molecule has 0 heterocycles. The average molecular weight is 234 g/mol. The van der Waals surface area contributed by atoms with Gasteiger partial charge in [0, 0.05) is 0 Å². The van der Waals surface area contributed by atoms with Crippen LogP contribution < -0.4 is 0 Å². The monoisotopic (exact) mass is 234 g/mol. The standard InChI is InChI=1S/C18H18/c1-14(15(2)17-10-6-4-7-11-17)16(3)18-12-8-5-9-13-18/h4-13H,2H2,1,3H3/b16-14-. The highest BCUT2D eigenvalue weighted by Crippen LogP contribution is 2.27. The van der Waals surface area contributed by atoms with Gasteiger partial charge in [0.05, 0.1) is 0 Å². The van der Waals surface area contributed by atoms with Gasteiger partial charge < -0.3 is 0 Å². The number of hydrogen-bond donors (Lipinski definition) is 0. The molecule has 0 atom stereocenters. The maximum Gasteiger partial charge on any atom is -0.0187 e. The number of allylic oxidation sites excluding steroid dienone is 3. The second-order valence-corrected chi connectivity index (χ2v) is 4.46. The van der Waals surface area contributed by atoms with E-state index < -0.39 is 0 Å². The second kappa shape index (κ2) is 5.50. The summed E-state index contributed by atoms with van der Waals surface area (Å²) in [5.41, 5.74) is 6.06. The Morgan fingerprint density at radius 2 is 1.17 bits per heavy atom. The molecular weight excluding hydrogens is 216 g/mol. The van der Waals surface area contributed by atoms with Gasteiger partial charge in [-0.25, -0.2) is 0 Å². The van der Waals surface area contributed by atoms with Crippen LogP contribution in [0.15, 0.2) is 72.8 Å². The molecule has 18 heavy (non-hydrogen) atoms. The van der Waals surface area contributed by atoms with Gasteiger partial charge in [-0.2, -0.15) is 0 Å². The Morgan fingerprint density at radius 1 is 0.722 bits per heavy atom. The summed E-state index contributed by atoms with van der Waals surface area (Å²) in [6, 6.07) is 20.8. The molecule has 0 radical (unpaired) electrons. The summed E-state index contributed by atoms with van der Waals surface area (Å²) in [6.45, 7) is 8.50. The van der Waals surface area contributed by atoms with Crippen LogP contribution in [0.3, 0.4) is 0 Å². The molecular formula is C18H18. The van der Waals surface area contributed by atoms with E-state index >= 15 is 0 Å². The van der Waals surface area contributed by atoms with Crippen molar-refractivity contribution in [2.75, 3.05) is 0 Å². The van der Waals surface area contributed by atoms with Crippen LogP contribution in [-0.4, -0.2) is 0 Å². The Hall–Kier alpha value is -2.08. The highest BCUT2D eigenvalue weighted by atomic mass is 14.1. The largest absolute Gasteiger partial charge is 0.0909 e. The summed E-state index contributed by atoms with van der Waals surface area (Å²) in [6.07, 6.45) is 0. The molecule has 0 aliphatic rings. The Morgan fingerprint density at radius 3 is 1.67 bits per heavy atom. The fraction of sp³-hybridized carbons (Fsp3) is 0.111. The van der Waals surface area contributed by atoms with Gasteiger partial charge in [0.1, 0.15) is 0 Å². The lowest BCUT2D eigenvalue weighted by atomic mass is 9.94. The first-order valence-corrected chi connectivity index (χ1v) is 6.17. The number of rotatable bonds is 3. The lowest BCUT2D eigenvalue weighted by Gasteiger charge is -2.11. The molecule has 0 aliphatic carbocycles. The molecule has 90 valence electrons. The molecule has 0 saturated carbocycles. The van der Waals surface area contributed by atoms with Crippen LogP contribution in [0.25, 0.3) is 11.1 Å². The molecule has 0 spiro atoms. The van der Waals surface area contributed by atoms with Gasteiger partial charge in [-0.05, 0) is 41.7 Å². The van der Waals surface area contributed by atoms with E-state index in [0.29, 0.717) is 0 Å². The molecule has 0 aromatic heterocycles. The SMILES string of the molecule is C=C(/C(C)=C(/C)c1ccccc1)c1ccccc1. The first kappa shape index (κ1) is 12.4. The molecule has 0 saturated heterocycles. The van der Waals surface area contributed by atoms with E-state index in [1.165, 1.54) is 22.3 Å². The van der Waals surface area contributed by atoms with Crippen molar-refractivity contribution < 1.29 is 0 Å². The predicted octanol–water partition coefficient (Wildman–Crippen LogP) is 5.19. The van der Waals surface area contributed by atoms with Crippen molar-refractivity contribution >= 4 is 11.1 Å². The van der Waals surface area contributed by atoms with Crippen LogP contribution >= 0.6 is 0 Å². The molecule has 2 aromatic carbocycles. The lowest BCUT2D eigenvalue weighted by molar-refractivity contribution is 1.45. The predicted molar refractivity (Wildman–Crippen MR) is 80.2 cm³/mol. The third-order valence-corrected chi connectivity index (χ3v) is 3.34. The minimum absolute atomic E-state index is 1.09. The van der Waals surface area contributed by atoms with Gasteiger partial charge in [0.2, 0.25) is 0 Å². The Bertz CT molecular complexity index is 560. The summed E-state index contributed by atoms with van der Waals surface area (Å²) < 4.78 is 0. The molecule has 0 aliphatic heterocycles. The zero-order chi connectivity index (χ0) is 13.0. The van der Waals surface area contributed by atoms with Crippen molar-refractivity contribution in [3.05, 3.63) is 83.9 Å². The van der Waals surface area contributed by atoms with Gasteiger partial charge in [0.25, 0.3) is 0 Å². The zero-order valence-corrected chi connectivity index (χ0v) is 11.0. The third-order valence-electron chi connectivity index (χ3n) is 3.34. The molecule has 0 fully saturated rings. The van der Waals surface area contributed by atoms with Crippen molar-refractivity contribution in [1.29, 1.82) is 0 Å². The van der Waals surface area contributed by atoms with E-state index in [9.17, 15) is 0 Å². The van der Waals surface area contributed by atoms with Crippen molar-refractivity contribution in [3.63, 3.8) is 0 Å². The van der Waals surface area contributed by atoms with Crippen LogP contribution in [0, 0.1) is 0 Å². The first-order chi connectivity index (χ1) is 8.70. The maximum atomic E-state index is 4.21. The van der Waals surface area contributed by atoms with Gasteiger partial charge >= 0.3 is 0 Å². The molecule has 0 bridgehead atoms. The fourth-order valence-electron chi connectivity index (χ4n) is 1.99. The van der Waals surface area contributed by atoms with E-state index in [-0.39, 0.29) is 0 Å². The maximum absolute atomic E-state index is 4.21. The average Bonchev–Trinajstić information content (AvgIpc) is 2.47. The molecule has 0 nitrogen and oxygen atoms in total. The normalized spacial score (nSPS) is 11.9. The topological polar surface area (TPSA) is 0 Å². The lowest BCUT2D eigenvalue weighted by Crippen LogP contribution is -1.89. The zero-order valence-electron chi connectivity index (χ0n) is 11.0. The molecule has 0 unspecified atom stereocenters. The van der Waals surface area contributed by atoms with Crippen LogP contribution in [0.5, 0.6) is 0 Å². The van der Waals surface area contributed by atoms with Gasteiger partial charge in [-0.1, -0.05) is 67.2 Å². The van der Waals surface area contributed by atoms with Crippen LogP contribution in [0.1, 0.15) is 25.0 Å². The molecule has 2 rings (SSSR count). The quantitative estimate of drug-likeness (QED) is 0.641. The first-order valence-electron chi connectivity index (χ1n) is 6.17. The van der Waals surface area contributed by atoms with E-state index in [0.717, 1.165) is 5.57 Å². The van der Waals surface area contributed by atoms with Gasteiger partial charge in [0.15, 0.2) is 0 Å². The second-order valence-electron chi connectivity index (χ2n) is 4.46. The van der Waals surface area contributed by atoms with E-state index in [1.807, 2.05) is 24.3 Å². The summed E-state index contributed by atoms with van der Waals surface area (Å²) in [5.74, 6) is 0. The Labute approximate surface area is 109 Å². The van der Waals surface area contributed by atoms with Crippen molar-refractivity contribution in [2.45, 2.75) is 13.8 Å². The Balaban J connectivity index is 2.37. The Kier molecular flexibility index (Phi) is 3.78. The summed E-state index contributed by atoms with van der Waals surface area (Å²) in [5, 5.41) is 0. The smallest absolute Gasteiger partial charge is 0.0187 e. The molecule has 0 N–H and O–H groups in total. The number of benzene rings is 2. The molecule has 2 aromatic rings. The van der Waals surface area contributed by atoms with E-state index in [1.54, 1.807) is 0 Å². The van der Waals surface area contributed by atoms with Gasteiger partial charge in [-0.15, -0.1) is 0 Å². The highest BCUT2D eigenvalue weighted by molar-refractivity contribution is 5.86. The van der Waals surface area contributed by atoms with Crippen LogP contribution in [0.4, 0.5) is 0 Å². The minimum Gasteiger partial charge on any atom is -0.0909 e. The fourth-order valence-corrected chi connectivity index (χ4v) is 1.99. The summed E-state index contributed by atoms with van der Waals surface area (Å²) in [4.78, 5) is 0. The highest BCUT2D eigenvalue weighted by Gasteiger charge is 2.05.